The Kier molecular flexibility index (Phi) is 5.11. The van der Waals surface area contributed by atoms with Crippen molar-refractivity contribution in [1.82, 2.24) is 15.1 Å². The van der Waals surface area contributed by atoms with Crippen molar-refractivity contribution in [2.24, 2.45) is 12.8 Å². The summed E-state index contributed by atoms with van der Waals surface area (Å²) >= 11 is 0. The Morgan fingerprint density at radius 3 is 2.88 bits per heavy atom. The number of nitrogens with zero attached hydrogens (tertiary/aromatic N) is 2. The van der Waals surface area contributed by atoms with E-state index in [2.05, 4.69) is 10.4 Å². The van der Waals surface area contributed by atoms with Crippen LogP contribution in [0.1, 0.15) is 17.7 Å². The van der Waals surface area contributed by atoms with E-state index >= 15 is 0 Å². The van der Waals surface area contributed by atoms with Gasteiger partial charge in [0.25, 0.3) is 0 Å². The molecule has 17 heavy (non-hydrogen) atoms. The molecule has 1 aromatic heterocycles. The Morgan fingerprint density at radius 1 is 1.71 bits per heavy atom. The average Bonchev–Trinajstić information content (AvgIpc) is 2.64. The molecule has 6 heteroatoms. The van der Waals surface area contributed by atoms with Crippen molar-refractivity contribution >= 4 is 5.91 Å². The SMILES string of the molecule is COC(CN)CC(=O)NCc1cnn(C)c1C. The van der Waals surface area contributed by atoms with Crippen LogP contribution in [0.3, 0.4) is 0 Å². The van der Waals surface area contributed by atoms with Crippen molar-refractivity contribution in [1.29, 1.82) is 0 Å². The lowest BCUT2D eigenvalue weighted by molar-refractivity contribution is -0.123. The molecule has 0 radical (unpaired) electrons. The topological polar surface area (TPSA) is 82.2 Å². The lowest BCUT2D eigenvalue weighted by atomic mass is 10.2. The van der Waals surface area contributed by atoms with Crippen molar-refractivity contribution in [3.05, 3.63) is 17.5 Å². The summed E-state index contributed by atoms with van der Waals surface area (Å²) in [5.74, 6) is -0.0643. The van der Waals surface area contributed by atoms with Crippen LogP contribution in [0.15, 0.2) is 6.20 Å². The first-order valence-corrected chi connectivity index (χ1v) is 5.55. The summed E-state index contributed by atoms with van der Waals surface area (Å²) < 4.78 is 6.82. The maximum absolute atomic E-state index is 11.6. The van der Waals surface area contributed by atoms with Crippen molar-refractivity contribution in [2.45, 2.75) is 26.0 Å². The van der Waals surface area contributed by atoms with Gasteiger partial charge in [0.15, 0.2) is 0 Å². The van der Waals surface area contributed by atoms with Crippen LogP contribution in [0.5, 0.6) is 0 Å². The number of aromatic nitrogens is 2. The Hall–Kier alpha value is -1.40. The second-order valence-corrected chi connectivity index (χ2v) is 3.95. The van der Waals surface area contributed by atoms with Crippen LogP contribution in [0.2, 0.25) is 0 Å². The fourth-order valence-corrected chi connectivity index (χ4v) is 1.45. The zero-order valence-electron chi connectivity index (χ0n) is 10.6. The molecule has 0 aliphatic heterocycles. The highest BCUT2D eigenvalue weighted by Crippen LogP contribution is 2.05. The molecule has 1 atom stereocenters. The molecule has 6 nitrogen and oxygen atoms in total. The van der Waals surface area contributed by atoms with Gasteiger partial charge in [-0.05, 0) is 6.92 Å². The van der Waals surface area contributed by atoms with E-state index in [0.29, 0.717) is 13.1 Å². The summed E-state index contributed by atoms with van der Waals surface area (Å²) in [6, 6.07) is 0. The quantitative estimate of drug-likeness (QED) is 0.715. The number of carbonyl (C=O) groups is 1. The summed E-state index contributed by atoms with van der Waals surface area (Å²) in [4.78, 5) is 11.6. The standard InChI is InChI=1S/C11H20N4O2/c1-8-9(7-14-15(8)2)6-13-11(16)4-10(5-12)17-3/h7,10H,4-6,12H2,1-3H3,(H,13,16). The summed E-state index contributed by atoms with van der Waals surface area (Å²) in [6.45, 7) is 2.79. The van der Waals surface area contributed by atoms with Gasteiger partial charge in [0.1, 0.15) is 0 Å². The van der Waals surface area contributed by atoms with E-state index in [1.54, 1.807) is 18.0 Å². The maximum Gasteiger partial charge on any atom is 0.222 e. The molecule has 0 bridgehead atoms. The molecule has 0 fully saturated rings. The van der Waals surface area contributed by atoms with E-state index < -0.39 is 0 Å². The number of hydrogen-bond acceptors (Lipinski definition) is 4. The Balaban J connectivity index is 2.40. The van der Waals surface area contributed by atoms with Gasteiger partial charge in [0.05, 0.1) is 18.7 Å². The lowest BCUT2D eigenvalue weighted by Crippen LogP contribution is -2.32. The van der Waals surface area contributed by atoms with E-state index in [1.807, 2.05) is 14.0 Å². The number of rotatable bonds is 6. The molecule has 0 saturated carbocycles. The molecule has 0 spiro atoms. The predicted octanol–water partition coefficient (Wildman–Crippen LogP) is -0.291. The number of hydrogen-bond donors (Lipinski definition) is 2. The lowest BCUT2D eigenvalue weighted by Gasteiger charge is -2.12. The van der Waals surface area contributed by atoms with Crippen LogP contribution in [-0.2, 0) is 23.1 Å². The van der Waals surface area contributed by atoms with Gasteiger partial charge in [-0.3, -0.25) is 9.48 Å². The normalized spacial score (nSPS) is 12.5. The van der Waals surface area contributed by atoms with Crippen LogP contribution in [0.4, 0.5) is 0 Å². The minimum absolute atomic E-state index is 0.0643. The van der Waals surface area contributed by atoms with Gasteiger partial charge in [-0.15, -0.1) is 0 Å². The highest BCUT2D eigenvalue weighted by Gasteiger charge is 2.12. The van der Waals surface area contributed by atoms with E-state index in [0.717, 1.165) is 11.3 Å². The summed E-state index contributed by atoms with van der Waals surface area (Å²) in [5.41, 5.74) is 7.51. The smallest absolute Gasteiger partial charge is 0.222 e. The third-order valence-corrected chi connectivity index (χ3v) is 2.82. The van der Waals surface area contributed by atoms with Crippen LogP contribution >= 0.6 is 0 Å². The van der Waals surface area contributed by atoms with Gasteiger partial charge in [-0.2, -0.15) is 5.10 Å². The predicted molar refractivity (Wildman–Crippen MR) is 64.3 cm³/mol. The first-order chi connectivity index (χ1) is 8.08. The first-order valence-electron chi connectivity index (χ1n) is 5.55. The van der Waals surface area contributed by atoms with Gasteiger partial charge in [-0.25, -0.2) is 0 Å². The zero-order chi connectivity index (χ0) is 12.8. The molecule has 1 amide bonds. The fraction of sp³-hybridized carbons (Fsp3) is 0.636. The van der Waals surface area contributed by atoms with Crippen LogP contribution < -0.4 is 11.1 Å². The molecule has 0 aliphatic rings. The highest BCUT2D eigenvalue weighted by molar-refractivity contribution is 5.76. The monoisotopic (exact) mass is 240 g/mol. The van der Waals surface area contributed by atoms with E-state index in [4.69, 9.17) is 10.5 Å². The van der Waals surface area contributed by atoms with Crippen LogP contribution in [-0.4, -0.2) is 35.4 Å². The largest absolute Gasteiger partial charge is 0.380 e. The van der Waals surface area contributed by atoms with Gasteiger partial charge < -0.3 is 15.8 Å². The van der Waals surface area contributed by atoms with Crippen LogP contribution in [0, 0.1) is 6.92 Å². The Labute approximate surface area is 101 Å². The molecular formula is C11H20N4O2. The third kappa shape index (κ3) is 3.83. The summed E-state index contributed by atoms with van der Waals surface area (Å²) in [6.07, 6.45) is 1.82. The second-order valence-electron chi connectivity index (χ2n) is 3.95. The average molecular weight is 240 g/mol. The number of carbonyl (C=O) groups excluding carboxylic acids is 1. The van der Waals surface area contributed by atoms with Crippen molar-refractivity contribution in [3.8, 4) is 0 Å². The minimum Gasteiger partial charge on any atom is -0.380 e. The number of aryl methyl sites for hydroxylation is 1. The molecule has 0 aliphatic carbocycles. The zero-order valence-corrected chi connectivity index (χ0v) is 10.6. The van der Waals surface area contributed by atoms with Crippen molar-refractivity contribution in [2.75, 3.05) is 13.7 Å². The van der Waals surface area contributed by atoms with Gasteiger partial charge in [0, 0.05) is 38.5 Å². The van der Waals surface area contributed by atoms with Gasteiger partial charge in [0.2, 0.25) is 5.91 Å². The number of amides is 1. The molecule has 1 unspecified atom stereocenters. The van der Waals surface area contributed by atoms with Gasteiger partial charge in [-0.1, -0.05) is 0 Å². The third-order valence-electron chi connectivity index (χ3n) is 2.82. The number of nitrogens with two attached hydrogens (primary N) is 1. The fourth-order valence-electron chi connectivity index (χ4n) is 1.45. The minimum atomic E-state index is -0.218. The molecule has 1 aromatic rings. The molecule has 96 valence electrons. The van der Waals surface area contributed by atoms with E-state index in [9.17, 15) is 4.79 Å². The van der Waals surface area contributed by atoms with Gasteiger partial charge >= 0.3 is 0 Å². The molecule has 1 heterocycles. The van der Waals surface area contributed by atoms with E-state index in [-0.39, 0.29) is 18.4 Å². The Morgan fingerprint density at radius 2 is 2.41 bits per heavy atom. The molecule has 1 rings (SSSR count). The number of nitrogens with one attached hydrogen (secondary N) is 1. The molecule has 0 saturated heterocycles. The summed E-state index contributed by atoms with van der Waals surface area (Å²) in [5, 5.41) is 6.93. The molecule has 0 aromatic carbocycles. The summed E-state index contributed by atoms with van der Waals surface area (Å²) in [7, 11) is 3.42. The van der Waals surface area contributed by atoms with E-state index in [1.165, 1.54) is 0 Å². The highest BCUT2D eigenvalue weighted by atomic mass is 16.5. The van der Waals surface area contributed by atoms with Crippen molar-refractivity contribution < 1.29 is 9.53 Å². The first kappa shape index (κ1) is 13.7. The van der Waals surface area contributed by atoms with Crippen molar-refractivity contribution in [3.63, 3.8) is 0 Å². The number of methoxy groups -OCH3 is 1. The number of ether oxygens (including phenoxy) is 1. The molecular weight excluding hydrogens is 220 g/mol. The Bertz CT molecular complexity index is 372. The van der Waals surface area contributed by atoms with Crippen LogP contribution in [0.25, 0.3) is 0 Å². The second kappa shape index (κ2) is 6.36. The maximum atomic E-state index is 11.6. The molecule has 3 N–H and O–H groups in total.